The molecule has 3 amide bonds. The number of carbonyl (C=O) groups excluding carboxylic acids is 2. The van der Waals surface area contributed by atoms with Gasteiger partial charge in [-0.1, -0.05) is 19.3 Å². The van der Waals surface area contributed by atoms with Gasteiger partial charge in [-0.05, 0) is 19.8 Å². The van der Waals surface area contributed by atoms with Crippen LogP contribution < -0.4 is 10.6 Å². The number of imide groups is 1. The number of rotatable bonds is 6. The maximum absolute atomic E-state index is 11.6. The Morgan fingerprint density at radius 1 is 1.25 bits per heavy atom. The molecule has 5 heteroatoms. The maximum Gasteiger partial charge on any atom is 0.321 e. The zero-order valence-electron chi connectivity index (χ0n) is 9.71. The van der Waals surface area contributed by atoms with Crippen molar-refractivity contribution in [3.8, 4) is 0 Å². The average molecular weight is 228 g/mol. The van der Waals surface area contributed by atoms with Crippen molar-refractivity contribution < 1.29 is 14.7 Å². The van der Waals surface area contributed by atoms with E-state index in [4.69, 9.17) is 5.11 Å². The van der Waals surface area contributed by atoms with Crippen molar-refractivity contribution in [1.29, 1.82) is 0 Å². The molecule has 3 N–H and O–H groups in total. The molecule has 1 unspecified atom stereocenters. The van der Waals surface area contributed by atoms with Gasteiger partial charge >= 0.3 is 6.03 Å². The van der Waals surface area contributed by atoms with E-state index in [2.05, 4.69) is 10.6 Å². The van der Waals surface area contributed by atoms with Crippen molar-refractivity contribution in [3.63, 3.8) is 0 Å². The molecule has 92 valence electrons. The maximum atomic E-state index is 11.6. The number of nitrogens with one attached hydrogen (secondary N) is 2. The van der Waals surface area contributed by atoms with Gasteiger partial charge in [0.15, 0.2) is 0 Å². The van der Waals surface area contributed by atoms with Crippen molar-refractivity contribution in [1.82, 2.24) is 10.6 Å². The van der Waals surface area contributed by atoms with Gasteiger partial charge < -0.3 is 10.4 Å². The number of hydrogen-bond acceptors (Lipinski definition) is 3. The Balaban J connectivity index is 2.28. The predicted molar refractivity (Wildman–Crippen MR) is 59.8 cm³/mol. The predicted octanol–water partition coefficient (Wildman–Crippen LogP) is 0.775. The highest BCUT2D eigenvalue weighted by Gasteiger charge is 2.37. The smallest absolute Gasteiger partial charge is 0.321 e. The summed E-state index contributed by atoms with van der Waals surface area (Å²) in [5.74, 6) is -0.182. The summed E-state index contributed by atoms with van der Waals surface area (Å²) < 4.78 is 0. The fourth-order valence-electron chi connectivity index (χ4n) is 1.84. The minimum Gasteiger partial charge on any atom is -0.396 e. The van der Waals surface area contributed by atoms with E-state index < -0.39 is 11.4 Å². The topological polar surface area (TPSA) is 78.4 Å². The fourth-order valence-corrected chi connectivity index (χ4v) is 1.84. The normalized spacial score (nSPS) is 25.1. The van der Waals surface area contributed by atoms with Crippen LogP contribution in [-0.4, -0.2) is 30.2 Å². The van der Waals surface area contributed by atoms with E-state index in [0.29, 0.717) is 6.54 Å². The molecule has 1 aliphatic rings. The summed E-state index contributed by atoms with van der Waals surface area (Å²) in [7, 11) is 0. The van der Waals surface area contributed by atoms with Crippen molar-refractivity contribution in [2.45, 2.75) is 39.0 Å². The third-order valence-corrected chi connectivity index (χ3v) is 3.05. The van der Waals surface area contributed by atoms with E-state index in [-0.39, 0.29) is 12.5 Å². The lowest BCUT2D eigenvalue weighted by Crippen LogP contribution is -2.57. The molecule has 0 bridgehead atoms. The third kappa shape index (κ3) is 3.48. The van der Waals surface area contributed by atoms with Gasteiger partial charge in [0.2, 0.25) is 5.91 Å². The molecule has 16 heavy (non-hydrogen) atoms. The number of amides is 3. The van der Waals surface area contributed by atoms with Gasteiger partial charge in [-0.3, -0.25) is 10.1 Å². The second-order valence-corrected chi connectivity index (χ2v) is 4.59. The molecular formula is C11H20N2O3. The van der Waals surface area contributed by atoms with Gasteiger partial charge in [-0.15, -0.1) is 0 Å². The van der Waals surface area contributed by atoms with Crippen LogP contribution in [-0.2, 0) is 4.79 Å². The first-order chi connectivity index (χ1) is 7.58. The third-order valence-electron chi connectivity index (χ3n) is 3.05. The zero-order chi connectivity index (χ0) is 12.0. The first-order valence-electron chi connectivity index (χ1n) is 5.79. The van der Waals surface area contributed by atoms with Gasteiger partial charge in [-0.2, -0.15) is 0 Å². The second kappa shape index (κ2) is 5.84. The van der Waals surface area contributed by atoms with Gasteiger partial charge in [0.05, 0.1) is 5.41 Å². The van der Waals surface area contributed by atoms with E-state index in [0.717, 1.165) is 32.1 Å². The Kier molecular flexibility index (Phi) is 4.73. The summed E-state index contributed by atoms with van der Waals surface area (Å²) in [6.45, 7) is 2.51. The molecular weight excluding hydrogens is 208 g/mol. The van der Waals surface area contributed by atoms with Gasteiger partial charge in [0, 0.05) is 13.2 Å². The van der Waals surface area contributed by atoms with Crippen LogP contribution in [0.5, 0.6) is 0 Å². The second-order valence-electron chi connectivity index (χ2n) is 4.59. The highest BCUT2D eigenvalue weighted by Crippen LogP contribution is 2.25. The van der Waals surface area contributed by atoms with Crippen LogP contribution in [0, 0.1) is 5.41 Å². The molecule has 1 aliphatic heterocycles. The van der Waals surface area contributed by atoms with E-state index in [9.17, 15) is 9.59 Å². The average Bonchev–Trinajstić information content (AvgIpc) is 2.24. The highest BCUT2D eigenvalue weighted by molar-refractivity contribution is 5.99. The summed E-state index contributed by atoms with van der Waals surface area (Å²) in [6.07, 6.45) is 4.53. The largest absolute Gasteiger partial charge is 0.396 e. The molecule has 0 aromatic heterocycles. The monoisotopic (exact) mass is 228 g/mol. The molecule has 5 nitrogen and oxygen atoms in total. The molecule has 0 spiro atoms. The number of aliphatic hydroxyl groups is 1. The minimum atomic E-state index is -0.479. The van der Waals surface area contributed by atoms with E-state index in [1.165, 1.54) is 0 Å². The lowest BCUT2D eigenvalue weighted by Gasteiger charge is -2.32. The van der Waals surface area contributed by atoms with Crippen LogP contribution in [0.1, 0.15) is 39.0 Å². The highest BCUT2D eigenvalue weighted by atomic mass is 16.3. The van der Waals surface area contributed by atoms with Gasteiger partial charge in [0.25, 0.3) is 0 Å². The number of carbonyl (C=O) groups is 2. The number of aliphatic hydroxyl groups excluding tert-OH is 1. The van der Waals surface area contributed by atoms with Crippen LogP contribution in [0.3, 0.4) is 0 Å². The molecule has 1 saturated heterocycles. The lowest BCUT2D eigenvalue weighted by atomic mass is 9.82. The Morgan fingerprint density at radius 2 is 1.94 bits per heavy atom. The van der Waals surface area contributed by atoms with Crippen LogP contribution in [0.2, 0.25) is 0 Å². The van der Waals surface area contributed by atoms with E-state index >= 15 is 0 Å². The summed E-state index contributed by atoms with van der Waals surface area (Å²) >= 11 is 0. The van der Waals surface area contributed by atoms with Crippen LogP contribution in [0.25, 0.3) is 0 Å². The van der Waals surface area contributed by atoms with Crippen molar-refractivity contribution >= 4 is 11.9 Å². The number of hydrogen-bond donors (Lipinski definition) is 3. The first-order valence-corrected chi connectivity index (χ1v) is 5.79. The van der Waals surface area contributed by atoms with Crippen molar-refractivity contribution in [2.24, 2.45) is 5.41 Å². The molecule has 0 aromatic rings. The summed E-state index contributed by atoms with van der Waals surface area (Å²) in [5.41, 5.74) is -0.479. The fraction of sp³-hybridized carbons (Fsp3) is 0.818. The molecule has 0 radical (unpaired) electrons. The van der Waals surface area contributed by atoms with Crippen LogP contribution in [0.15, 0.2) is 0 Å². The lowest BCUT2D eigenvalue weighted by molar-refractivity contribution is -0.130. The SMILES string of the molecule is CC1(CCCCCCO)CNC(=O)NC1=O. The van der Waals surface area contributed by atoms with Gasteiger partial charge in [-0.25, -0.2) is 4.79 Å². The van der Waals surface area contributed by atoms with Crippen molar-refractivity contribution in [2.75, 3.05) is 13.2 Å². The molecule has 1 rings (SSSR count). The minimum absolute atomic E-state index is 0.182. The molecule has 0 saturated carbocycles. The molecule has 0 aromatic carbocycles. The summed E-state index contributed by atoms with van der Waals surface area (Å²) in [4.78, 5) is 22.5. The number of urea groups is 1. The quantitative estimate of drug-likeness (QED) is 0.588. The van der Waals surface area contributed by atoms with E-state index in [1.807, 2.05) is 6.92 Å². The molecule has 0 aliphatic carbocycles. The Bertz CT molecular complexity index is 268. The standard InChI is InChI=1S/C11H20N2O3/c1-11(6-4-2-3-5-7-14)8-12-10(16)13-9(11)15/h14H,2-8H2,1H3,(H2,12,13,15,16). The molecule has 1 fully saturated rings. The van der Waals surface area contributed by atoms with E-state index in [1.54, 1.807) is 0 Å². The summed E-state index contributed by atoms with van der Waals surface area (Å²) in [5, 5.41) is 13.6. The molecule has 1 atom stereocenters. The van der Waals surface area contributed by atoms with Crippen molar-refractivity contribution in [3.05, 3.63) is 0 Å². The van der Waals surface area contributed by atoms with Crippen LogP contribution in [0.4, 0.5) is 4.79 Å². The number of unbranched alkanes of at least 4 members (excludes halogenated alkanes) is 3. The first kappa shape index (κ1) is 13.0. The Morgan fingerprint density at radius 3 is 2.56 bits per heavy atom. The summed E-state index contributed by atoms with van der Waals surface area (Å²) in [6, 6.07) is -0.400. The Hall–Kier alpha value is -1.10. The Labute approximate surface area is 95.6 Å². The molecule has 1 heterocycles. The van der Waals surface area contributed by atoms with Crippen LogP contribution >= 0.6 is 0 Å². The van der Waals surface area contributed by atoms with Gasteiger partial charge in [0.1, 0.15) is 0 Å². The zero-order valence-corrected chi connectivity index (χ0v) is 9.71.